The van der Waals surface area contributed by atoms with Gasteiger partial charge in [-0.15, -0.1) is 11.3 Å². The summed E-state index contributed by atoms with van der Waals surface area (Å²) in [6, 6.07) is 12.8. The summed E-state index contributed by atoms with van der Waals surface area (Å²) in [5.41, 5.74) is 7.52. The van der Waals surface area contributed by atoms with E-state index in [4.69, 9.17) is 10.5 Å². The largest absolute Gasteiger partial charge is 0.492 e. The van der Waals surface area contributed by atoms with Crippen LogP contribution in [0.25, 0.3) is 0 Å². The summed E-state index contributed by atoms with van der Waals surface area (Å²) in [6.07, 6.45) is 0. The summed E-state index contributed by atoms with van der Waals surface area (Å²) in [7, 11) is 0. The van der Waals surface area contributed by atoms with Crippen LogP contribution in [-0.2, 0) is 6.54 Å². The zero-order valence-corrected chi connectivity index (χ0v) is 14.4. The first-order valence-electron chi connectivity index (χ1n) is 7.10. The zero-order valence-electron chi connectivity index (χ0n) is 12.0. The molecular formula is C16H19BrN2OS. The smallest absolute Gasteiger partial charge is 0.123 e. The van der Waals surface area contributed by atoms with Gasteiger partial charge >= 0.3 is 0 Å². The summed E-state index contributed by atoms with van der Waals surface area (Å²) in [5.74, 6) is 0.996. The first kappa shape index (κ1) is 15.0. The Hall–Kier alpha value is -0.880. The van der Waals surface area contributed by atoms with E-state index < -0.39 is 0 Å². The van der Waals surface area contributed by atoms with Gasteiger partial charge in [-0.2, -0.15) is 0 Å². The monoisotopic (exact) mass is 366 g/mol. The second kappa shape index (κ2) is 6.48. The van der Waals surface area contributed by atoms with Gasteiger partial charge in [-0.1, -0.05) is 18.2 Å². The van der Waals surface area contributed by atoms with Gasteiger partial charge in [-0.3, -0.25) is 4.90 Å². The number of nitrogens with two attached hydrogens (primary N) is 1. The van der Waals surface area contributed by atoms with Gasteiger partial charge in [0.05, 0.1) is 9.83 Å². The lowest BCUT2D eigenvalue weighted by Gasteiger charge is -2.32. The van der Waals surface area contributed by atoms with Gasteiger partial charge in [-0.05, 0) is 41.1 Å². The van der Waals surface area contributed by atoms with Crippen molar-refractivity contribution in [3.63, 3.8) is 0 Å². The average Bonchev–Trinajstić information content (AvgIpc) is 2.75. The van der Waals surface area contributed by atoms with Crippen LogP contribution in [0, 0.1) is 0 Å². The van der Waals surface area contributed by atoms with Crippen LogP contribution < -0.4 is 10.5 Å². The Balaban J connectivity index is 1.90. The van der Waals surface area contributed by atoms with Crippen LogP contribution in [-0.4, -0.2) is 24.1 Å². The van der Waals surface area contributed by atoms with Crippen molar-refractivity contribution in [2.45, 2.75) is 25.6 Å². The molecule has 2 atom stereocenters. The molecule has 0 spiro atoms. The maximum atomic E-state index is 6.29. The van der Waals surface area contributed by atoms with Crippen molar-refractivity contribution in [2.75, 3.05) is 13.2 Å². The van der Waals surface area contributed by atoms with E-state index in [0.717, 1.165) is 22.6 Å². The van der Waals surface area contributed by atoms with Gasteiger partial charge in [0.15, 0.2) is 0 Å². The number of benzene rings is 1. The second-order valence-electron chi connectivity index (χ2n) is 5.37. The molecule has 1 aliphatic heterocycles. The number of rotatable bonds is 3. The van der Waals surface area contributed by atoms with Crippen LogP contribution in [0.4, 0.5) is 0 Å². The van der Waals surface area contributed by atoms with Gasteiger partial charge in [-0.25, -0.2) is 0 Å². The Morgan fingerprint density at radius 2 is 2.10 bits per heavy atom. The number of halogens is 1. The van der Waals surface area contributed by atoms with Gasteiger partial charge in [0, 0.05) is 29.6 Å². The van der Waals surface area contributed by atoms with E-state index in [9.17, 15) is 0 Å². The Morgan fingerprint density at radius 3 is 2.81 bits per heavy atom. The first-order valence-corrected chi connectivity index (χ1v) is 8.71. The Bertz CT molecular complexity index is 614. The minimum atomic E-state index is 0.0702. The van der Waals surface area contributed by atoms with E-state index in [1.54, 1.807) is 11.3 Å². The van der Waals surface area contributed by atoms with E-state index in [2.05, 4.69) is 52.0 Å². The number of nitrogens with zero attached hydrogens (tertiary/aromatic N) is 1. The predicted octanol–water partition coefficient (Wildman–Crippen LogP) is 3.79. The van der Waals surface area contributed by atoms with Crippen molar-refractivity contribution >= 4 is 27.3 Å². The van der Waals surface area contributed by atoms with E-state index in [1.807, 2.05) is 12.1 Å². The maximum absolute atomic E-state index is 6.29. The molecule has 21 heavy (non-hydrogen) atoms. The lowest BCUT2D eigenvalue weighted by Crippen LogP contribution is -2.39. The van der Waals surface area contributed by atoms with Crippen molar-refractivity contribution in [1.29, 1.82) is 0 Å². The quantitative estimate of drug-likeness (QED) is 0.897. The number of hydrogen-bond acceptors (Lipinski definition) is 4. The highest BCUT2D eigenvalue weighted by Crippen LogP contribution is 2.35. The van der Waals surface area contributed by atoms with Crippen LogP contribution in [0.3, 0.4) is 0 Å². The Labute approximate surface area is 137 Å². The molecule has 1 aliphatic rings. The highest BCUT2D eigenvalue weighted by molar-refractivity contribution is 9.11. The summed E-state index contributed by atoms with van der Waals surface area (Å²) in [5, 5.41) is 0. The second-order valence-corrected chi connectivity index (χ2v) is 7.87. The fraction of sp³-hybridized carbons (Fsp3) is 0.375. The van der Waals surface area contributed by atoms with E-state index >= 15 is 0 Å². The number of fused-ring (bicyclic) bond motifs is 1. The topological polar surface area (TPSA) is 38.5 Å². The number of ether oxygens (including phenoxy) is 1. The van der Waals surface area contributed by atoms with Crippen molar-refractivity contribution < 1.29 is 4.74 Å². The Morgan fingerprint density at radius 1 is 1.29 bits per heavy atom. The molecule has 0 aliphatic carbocycles. The van der Waals surface area contributed by atoms with E-state index in [-0.39, 0.29) is 12.1 Å². The average molecular weight is 367 g/mol. The molecule has 2 heterocycles. The molecule has 2 N–H and O–H groups in total. The fourth-order valence-corrected chi connectivity index (χ4v) is 4.52. The molecule has 2 unspecified atom stereocenters. The third kappa shape index (κ3) is 3.31. The lowest BCUT2D eigenvalue weighted by atomic mass is 10.1. The molecular weight excluding hydrogens is 348 g/mol. The van der Waals surface area contributed by atoms with Gasteiger partial charge in [0.1, 0.15) is 12.4 Å². The molecule has 3 nitrogen and oxygen atoms in total. The Kier molecular flexibility index (Phi) is 4.64. The molecule has 1 aromatic heterocycles. The van der Waals surface area contributed by atoms with E-state index in [0.29, 0.717) is 6.61 Å². The van der Waals surface area contributed by atoms with Gasteiger partial charge < -0.3 is 10.5 Å². The highest BCUT2D eigenvalue weighted by Gasteiger charge is 2.27. The van der Waals surface area contributed by atoms with Crippen LogP contribution in [0.5, 0.6) is 5.75 Å². The first-order chi connectivity index (χ1) is 10.1. The number of thiophene rings is 1. The highest BCUT2D eigenvalue weighted by atomic mass is 79.9. The van der Waals surface area contributed by atoms with Crippen LogP contribution >= 0.6 is 27.3 Å². The molecule has 2 aromatic rings. The van der Waals surface area contributed by atoms with Gasteiger partial charge in [0.25, 0.3) is 0 Å². The molecule has 3 rings (SSSR count). The van der Waals surface area contributed by atoms with Crippen molar-refractivity contribution in [2.24, 2.45) is 5.73 Å². The molecule has 0 amide bonds. The van der Waals surface area contributed by atoms with E-state index in [1.165, 1.54) is 10.4 Å². The molecule has 5 heteroatoms. The lowest BCUT2D eigenvalue weighted by molar-refractivity contribution is 0.155. The third-order valence-electron chi connectivity index (χ3n) is 3.76. The SMILES string of the molecule is CC(N)C(c1ccc(Br)s1)N1CCOc2ccccc2C1. The number of para-hydroxylation sites is 1. The molecule has 0 saturated carbocycles. The predicted molar refractivity (Wildman–Crippen MR) is 90.8 cm³/mol. The minimum Gasteiger partial charge on any atom is -0.492 e. The van der Waals surface area contributed by atoms with Crippen molar-refractivity contribution in [3.8, 4) is 5.75 Å². The fourth-order valence-electron chi connectivity index (χ4n) is 2.84. The van der Waals surface area contributed by atoms with Gasteiger partial charge in [0.2, 0.25) is 0 Å². The van der Waals surface area contributed by atoms with Crippen LogP contribution in [0.15, 0.2) is 40.2 Å². The standard InChI is InChI=1S/C16H19BrN2OS/c1-11(18)16(14-6-7-15(17)21-14)19-8-9-20-13-5-3-2-4-12(13)10-19/h2-7,11,16H,8-10,18H2,1H3. The molecule has 112 valence electrons. The summed E-state index contributed by atoms with van der Waals surface area (Å²) in [4.78, 5) is 3.73. The normalized spacial score (nSPS) is 18.4. The van der Waals surface area contributed by atoms with Crippen LogP contribution in [0.2, 0.25) is 0 Å². The molecule has 0 radical (unpaired) electrons. The molecule has 0 bridgehead atoms. The molecule has 1 aromatic carbocycles. The summed E-state index contributed by atoms with van der Waals surface area (Å²) < 4.78 is 7.01. The summed E-state index contributed by atoms with van der Waals surface area (Å²) in [6.45, 7) is 4.54. The molecule has 0 saturated heterocycles. The molecule has 0 fully saturated rings. The third-order valence-corrected chi connectivity index (χ3v) is 5.45. The maximum Gasteiger partial charge on any atom is 0.123 e. The van der Waals surface area contributed by atoms with Crippen molar-refractivity contribution in [1.82, 2.24) is 4.90 Å². The zero-order chi connectivity index (χ0) is 14.8. The minimum absolute atomic E-state index is 0.0702. The van der Waals surface area contributed by atoms with Crippen molar-refractivity contribution in [3.05, 3.63) is 50.6 Å². The summed E-state index contributed by atoms with van der Waals surface area (Å²) >= 11 is 5.31. The number of hydrogen-bond donors (Lipinski definition) is 1. The van der Waals surface area contributed by atoms with Crippen LogP contribution in [0.1, 0.15) is 23.4 Å².